The highest BCUT2D eigenvalue weighted by Gasteiger charge is 2.16. The molecule has 0 aliphatic carbocycles. The number of nitrogens with zero attached hydrogens (tertiary/aromatic N) is 3. The van der Waals surface area contributed by atoms with Crippen LogP contribution < -0.4 is 10.6 Å². The Balaban J connectivity index is 1.43. The van der Waals surface area contributed by atoms with Gasteiger partial charge in [0.25, 0.3) is 5.91 Å². The Hall–Kier alpha value is -3.53. The minimum atomic E-state index is -0.196. The molecule has 4 rings (SSSR count). The molecule has 1 amide bonds. The molecule has 0 saturated carbocycles. The van der Waals surface area contributed by atoms with E-state index >= 15 is 0 Å². The van der Waals surface area contributed by atoms with Gasteiger partial charge in [0.1, 0.15) is 0 Å². The molecule has 1 saturated heterocycles. The second-order valence-corrected chi connectivity index (χ2v) is 8.23. The van der Waals surface area contributed by atoms with Gasteiger partial charge in [0.05, 0.1) is 28.6 Å². The smallest absolute Gasteiger partial charge is 0.257 e. The highest BCUT2D eigenvalue weighted by molar-refractivity contribution is 6.05. The lowest BCUT2D eigenvalue weighted by Gasteiger charge is -2.31. The number of anilines is 1. The maximum absolute atomic E-state index is 12.8. The Kier molecular flexibility index (Phi) is 6.60. The number of nitrogens with one attached hydrogen (secondary N) is 2. The number of carbonyl (C=O) groups excluding carboxylic acids is 1. The Morgan fingerprint density at radius 2 is 1.97 bits per heavy atom. The number of pyridine rings is 1. The predicted molar refractivity (Wildman–Crippen MR) is 126 cm³/mol. The SMILES string of the molecule is Cc1nc(-c2ccccc2C#N)ccc1C(=O)Nc1ccc(CN2CCN[C@@H](C)C2)cc1. The monoisotopic (exact) mass is 425 g/mol. The minimum Gasteiger partial charge on any atom is -0.322 e. The van der Waals surface area contributed by atoms with Crippen LogP contribution in [0.15, 0.2) is 60.7 Å². The highest BCUT2D eigenvalue weighted by atomic mass is 16.1. The van der Waals surface area contributed by atoms with Gasteiger partial charge >= 0.3 is 0 Å². The summed E-state index contributed by atoms with van der Waals surface area (Å²) < 4.78 is 0. The molecule has 0 bridgehead atoms. The maximum atomic E-state index is 12.8. The molecule has 1 atom stereocenters. The molecule has 0 unspecified atom stereocenters. The number of piperazine rings is 1. The summed E-state index contributed by atoms with van der Waals surface area (Å²) in [4.78, 5) is 19.8. The van der Waals surface area contributed by atoms with Crippen molar-refractivity contribution in [1.82, 2.24) is 15.2 Å². The lowest BCUT2D eigenvalue weighted by atomic mass is 10.0. The summed E-state index contributed by atoms with van der Waals surface area (Å²) in [5.41, 5.74) is 5.13. The molecule has 0 spiro atoms. The lowest BCUT2D eigenvalue weighted by Crippen LogP contribution is -2.48. The van der Waals surface area contributed by atoms with E-state index in [0.717, 1.165) is 37.4 Å². The molecule has 2 aromatic carbocycles. The molecule has 6 heteroatoms. The number of aryl methyl sites for hydroxylation is 1. The molecular formula is C26H27N5O. The van der Waals surface area contributed by atoms with E-state index in [1.807, 2.05) is 37.3 Å². The molecule has 2 heterocycles. The fraction of sp³-hybridized carbons (Fsp3) is 0.269. The first-order valence-corrected chi connectivity index (χ1v) is 10.9. The van der Waals surface area contributed by atoms with E-state index in [1.165, 1.54) is 5.56 Å². The van der Waals surface area contributed by atoms with Crippen LogP contribution in [0.25, 0.3) is 11.3 Å². The second-order valence-electron chi connectivity index (χ2n) is 8.23. The van der Waals surface area contributed by atoms with Gasteiger partial charge in [0, 0.05) is 43.5 Å². The van der Waals surface area contributed by atoms with Gasteiger partial charge in [-0.25, -0.2) is 0 Å². The summed E-state index contributed by atoms with van der Waals surface area (Å²) in [5, 5.41) is 15.8. The molecule has 2 N–H and O–H groups in total. The third kappa shape index (κ3) is 5.02. The number of rotatable bonds is 5. The third-order valence-corrected chi connectivity index (χ3v) is 5.72. The first kappa shape index (κ1) is 21.7. The van der Waals surface area contributed by atoms with Crippen LogP contribution in [0, 0.1) is 18.3 Å². The lowest BCUT2D eigenvalue weighted by molar-refractivity contribution is 0.102. The van der Waals surface area contributed by atoms with Gasteiger partial charge in [-0.15, -0.1) is 0 Å². The summed E-state index contributed by atoms with van der Waals surface area (Å²) in [7, 11) is 0. The van der Waals surface area contributed by atoms with E-state index < -0.39 is 0 Å². The first-order valence-electron chi connectivity index (χ1n) is 10.9. The fourth-order valence-electron chi connectivity index (χ4n) is 4.06. The molecule has 1 aliphatic heterocycles. The van der Waals surface area contributed by atoms with Gasteiger partial charge in [-0.3, -0.25) is 14.7 Å². The van der Waals surface area contributed by atoms with E-state index in [2.05, 4.69) is 45.6 Å². The van der Waals surface area contributed by atoms with Crippen LogP contribution in [0.2, 0.25) is 0 Å². The van der Waals surface area contributed by atoms with Crippen molar-refractivity contribution in [1.29, 1.82) is 5.26 Å². The van der Waals surface area contributed by atoms with Crippen molar-refractivity contribution in [3.05, 3.63) is 83.0 Å². The minimum absolute atomic E-state index is 0.196. The molecule has 0 radical (unpaired) electrons. The van der Waals surface area contributed by atoms with Crippen LogP contribution >= 0.6 is 0 Å². The number of benzene rings is 2. The summed E-state index contributed by atoms with van der Waals surface area (Å²) in [6, 6.07) is 21.6. The van der Waals surface area contributed by atoms with Crippen molar-refractivity contribution in [3.8, 4) is 17.3 Å². The molecule has 1 fully saturated rings. The van der Waals surface area contributed by atoms with E-state index in [-0.39, 0.29) is 5.91 Å². The second kappa shape index (κ2) is 9.73. The van der Waals surface area contributed by atoms with E-state index in [9.17, 15) is 10.1 Å². The Morgan fingerprint density at radius 1 is 1.19 bits per heavy atom. The van der Waals surface area contributed by atoms with Crippen molar-refractivity contribution in [2.45, 2.75) is 26.4 Å². The van der Waals surface area contributed by atoms with Gasteiger partial charge in [0.2, 0.25) is 0 Å². The zero-order valence-corrected chi connectivity index (χ0v) is 18.4. The van der Waals surface area contributed by atoms with Gasteiger partial charge in [-0.05, 0) is 49.7 Å². The number of carbonyl (C=O) groups is 1. The number of nitriles is 1. The molecular weight excluding hydrogens is 398 g/mol. The van der Waals surface area contributed by atoms with Crippen LogP contribution in [0.5, 0.6) is 0 Å². The maximum Gasteiger partial charge on any atom is 0.257 e. The van der Waals surface area contributed by atoms with Crippen LogP contribution in [-0.2, 0) is 6.54 Å². The molecule has 1 aromatic heterocycles. The van der Waals surface area contributed by atoms with Gasteiger partial charge in [0.15, 0.2) is 0 Å². The van der Waals surface area contributed by atoms with Gasteiger partial charge in [-0.2, -0.15) is 5.26 Å². The normalized spacial score (nSPS) is 16.3. The van der Waals surface area contributed by atoms with Crippen LogP contribution in [-0.4, -0.2) is 41.5 Å². The number of amides is 1. The topological polar surface area (TPSA) is 81.0 Å². The van der Waals surface area contributed by atoms with E-state index in [0.29, 0.717) is 28.6 Å². The third-order valence-electron chi connectivity index (χ3n) is 5.72. The zero-order chi connectivity index (χ0) is 22.5. The fourth-order valence-corrected chi connectivity index (χ4v) is 4.06. The number of hydrogen-bond acceptors (Lipinski definition) is 5. The molecule has 162 valence electrons. The Bertz CT molecular complexity index is 1150. The van der Waals surface area contributed by atoms with E-state index in [1.54, 1.807) is 18.2 Å². The number of hydrogen-bond donors (Lipinski definition) is 2. The van der Waals surface area contributed by atoms with Crippen LogP contribution in [0.3, 0.4) is 0 Å². The molecule has 32 heavy (non-hydrogen) atoms. The average molecular weight is 426 g/mol. The van der Waals surface area contributed by atoms with Crippen molar-refractivity contribution >= 4 is 11.6 Å². The van der Waals surface area contributed by atoms with Crippen LogP contribution in [0.4, 0.5) is 5.69 Å². The molecule has 1 aliphatic rings. The predicted octanol–water partition coefficient (Wildman–Crippen LogP) is 3.97. The quantitative estimate of drug-likeness (QED) is 0.646. The summed E-state index contributed by atoms with van der Waals surface area (Å²) >= 11 is 0. The van der Waals surface area contributed by atoms with Crippen molar-refractivity contribution in [2.75, 3.05) is 25.0 Å². The van der Waals surface area contributed by atoms with Gasteiger partial charge in [-0.1, -0.05) is 30.3 Å². The molecule has 6 nitrogen and oxygen atoms in total. The number of aromatic nitrogens is 1. The summed E-state index contributed by atoms with van der Waals surface area (Å²) in [6.45, 7) is 8.03. The van der Waals surface area contributed by atoms with Crippen molar-refractivity contribution in [3.63, 3.8) is 0 Å². The average Bonchev–Trinajstić information content (AvgIpc) is 2.80. The Morgan fingerprint density at radius 3 is 2.69 bits per heavy atom. The van der Waals surface area contributed by atoms with Crippen molar-refractivity contribution < 1.29 is 4.79 Å². The Labute approximate surface area is 188 Å². The van der Waals surface area contributed by atoms with E-state index in [4.69, 9.17) is 0 Å². The summed E-state index contributed by atoms with van der Waals surface area (Å²) in [5.74, 6) is -0.196. The first-order chi connectivity index (χ1) is 15.5. The largest absolute Gasteiger partial charge is 0.322 e. The highest BCUT2D eigenvalue weighted by Crippen LogP contribution is 2.23. The molecule has 3 aromatic rings. The van der Waals surface area contributed by atoms with Crippen molar-refractivity contribution in [2.24, 2.45) is 0 Å². The zero-order valence-electron chi connectivity index (χ0n) is 18.4. The standard InChI is InChI=1S/C26H27N5O/c1-18-16-31(14-13-28-18)17-20-7-9-22(10-8-20)30-26(32)23-11-12-25(29-19(23)2)24-6-4-3-5-21(24)15-27/h3-12,18,28H,13-14,16-17H2,1-2H3,(H,30,32)/t18-/m0/s1. The van der Waals surface area contributed by atoms with Gasteiger partial charge < -0.3 is 10.6 Å². The summed E-state index contributed by atoms with van der Waals surface area (Å²) in [6.07, 6.45) is 0. The van der Waals surface area contributed by atoms with Crippen LogP contribution in [0.1, 0.15) is 34.1 Å².